The zero-order valence-corrected chi connectivity index (χ0v) is 11.3. The molecule has 0 aromatic heterocycles. The van der Waals surface area contributed by atoms with Gasteiger partial charge in [-0.25, -0.2) is 4.79 Å². The first-order chi connectivity index (χ1) is 9.65. The van der Waals surface area contributed by atoms with Crippen LogP contribution >= 0.6 is 0 Å². The quantitative estimate of drug-likeness (QED) is 0.874. The van der Waals surface area contributed by atoms with Crippen molar-refractivity contribution in [1.82, 2.24) is 5.32 Å². The summed E-state index contributed by atoms with van der Waals surface area (Å²) in [5.74, 6) is -0.746. The average Bonchev–Trinajstić information content (AvgIpc) is 2.84. The number of hydrogen-bond acceptors (Lipinski definition) is 3. The summed E-state index contributed by atoms with van der Waals surface area (Å²) >= 11 is 0. The van der Waals surface area contributed by atoms with Crippen LogP contribution in [0.2, 0.25) is 0 Å². The molecular formula is C15H18N2O3. The maximum atomic E-state index is 11.3. The van der Waals surface area contributed by atoms with Crippen molar-refractivity contribution in [3.8, 4) is 0 Å². The van der Waals surface area contributed by atoms with E-state index >= 15 is 0 Å². The molecule has 2 aliphatic rings. The molecule has 1 saturated heterocycles. The topological polar surface area (TPSA) is 69.6 Å². The second kappa shape index (κ2) is 5.15. The van der Waals surface area contributed by atoms with E-state index < -0.39 is 5.97 Å². The number of rotatable bonds is 3. The van der Waals surface area contributed by atoms with Gasteiger partial charge in [0.05, 0.1) is 5.56 Å². The zero-order chi connectivity index (χ0) is 14.1. The minimum Gasteiger partial charge on any atom is -0.478 e. The molecule has 1 fully saturated rings. The van der Waals surface area contributed by atoms with E-state index in [0.29, 0.717) is 12.0 Å². The number of aromatic carboxylic acids is 1. The molecule has 20 heavy (non-hydrogen) atoms. The van der Waals surface area contributed by atoms with Crippen molar-refractivity contribution in [2.24, 2.45) is 0 Å². The van der Waals surface area contributed by atoms with Crippen LogP contribution in [-0.2, 0) is 11.2 Å². The average molecular weight is 274 g/mol. The summed E-state index contributed by atoms with van der Waals surface area (Å²) in [7, 11) is 0. The van der Waals surface area contributed by atoms with Crippen LogP contribution in [-0.4, -0.2) is 36.1 Å². The fourth-order valence-electron chi connectivity index (χ4n) is 3.17. The van der Waals surface area contributed by atoms with Crippen LogP contribution in [0.3, 0.4) is 0 Å². The Balaban J connectivity index is 1.84. The first-order valence-corrected chi connectivity index (χ1v) is 7.04. The molecule has 2 heterocycles. The zero-order valence-electron chi connectivity index (χ0n) is 11.3. The lowest BCUT2D eigenvalue weighted by Gasteiger charge is -2.33. The first kappa shape index (κ1) is 13.0. The molecule has 106 valence electrons. The molecule has 1 amide bonds. The van der Waals surface area contributed by atoms with Gasteiger partial charge >= 0.3 is 5.97 Å². The molecule has 1 unspecified atom stereocenters. The number of hydrogen-bond donors (Lipinski definition) is 2. The highest BCUT2D eigenvalue weighted by molar-refractivity contribution is 5.91. The molecule has 1 aromatic rings. The fraction of sp³-hybridized carbons (Fsp3) is 0.467. The predicted molar refractivity (Wildman–Crippen MR) is 75.1 cm³/mol. The number of anilines is 1. The van der Waals surface area contributed by atoms with Crippen LogP contribution in [0.25, 0.3) is 0 Å². The Bertz CT molecular complexity index is 556. The molecular weight excluding hydrogens is 256 g/mol. The molecule has 3 rings (SSSR count). The Morgan fingerprint density at radius 3 is 2.95 bits per heavy atom. The number of nitrogens with one attached hydrogen (secondary N) is 1. The van der Waals surface area contributed by atoms with E-state index in [-0.39, 0.29) is 11.9 Å². The fourth-order valence-corrected chi connectivity index (χ4v) is 3.17. The van der Waals surface area contributed by atoms with Crippen molar-refractivity contribution in [2.45, 2.75) is 31.7 Å². The highest BCUT2D eigenvalue weighted by Crippen LogP contribution is 2.30. The van der Waals surface area contributed by atoms with Crippen LogP contribution in [0.15, 0.2) is 18.2 Å². The number of amides is 1. The van der Waals surface area contributed by atoms with Crippen molar-refractivity contribution in [3.63, 3.8) is 0 Å². The monoisotopic (exact) mass is 274 g/mol. The molecule has 0 bridgehead atoms. The standard InChI is InChI=1S/C15H18N2O3/c18-14-7-6-10(16-14)9-17-8-2-4-11-12(15(19)20)3-1-5-13(11)17/h1,3,5,10H,2,4,6-9H2,(H,16,18)(H,19,20). The number of benzene rings is 1. The Hall–Kier alpha value is -2.04. The molecule has 2 aliphatic heterocycles. The van der Waals surface area contributed by atoms with Gasteiger partial charge in [0.15, 0.2) is 0 Å². The van der Waals surface area contributed by atoms with Gasteiger partial charge in [0.25, 0.3) is 0 Å². The number of fused-ring (bicyclic) bond motifs is 1. The summed E-state index contributed by atoms with van der Waals surface area (Å²) < 4.78 is 0. The molecule has 0 aliphatic carbocycles. The van der Waals surface area contributed by atoms with E-state index in [1.54, 1.807) is 12.1 Å². The lowest BCUT2D eigenvalue weighted by molar-refractivity contribution is -0.119. The minimum absolute atomic E-state index is 0.117. The largest absolute Gasteiger partial charge is 0.478 e. The van der Waals surface area contributed by atoms with E-state index in [9.17, 15) is 14.7 Å². The van der Waals surface area contributed by atoms with E-state index in [1.807, 2.05) is 6.07 Å². The van der Waals surface area contributed by atoms with Crippen LogP contribution < -0.4 is 10.2 Å². The third-order valence-corrected chi connectivity index (χ3v) is 4.10. The smallest absolute Gasteiger partial charge is 0.336 e. The van der Waals surface area contributed by atoms with Crippen molar-refractivity contribution in [3.05, 3.63) is 29.3 Å². The molecule has 0 saturated carbocycles. The van der Waals surface area contributed by atoms with E-state index in [2.05, 4.69) is 10.2 Å². The Morgan fingerprint density at radius 2 is 2.25 bits per heavy atom. The lowest BCUT2D eigenvalue weighted by atomic mass is 9.96. The summed E-state index contributed by atoms with van der Waals surface area (Å²) in [6, 6.07) is 5.63. The third-order valence-electron chi connectivity index (χ3n) is 4.10. The maximum Gasteiger partial charge on any atom is 0.336 e. The second-order valence-corrected chi connectivity index (χ2v) is 5.46. The third kappa shape index (κ3) is 2.35. The highest BCUT2D eigenvalue weighted by atomic mass is 16.4. The van der Waals surface area contributed by atoms with Crippen LogP contribution in [0.5, 0.6) is 0 Å². The van der Waals surface area contributed by atoms with Gasteiger partial charge in [-0.15, -0.1) is 0 Å². The van der Waals surface area contributed by atoms with Crippen molar-refractivity contribution >= 4 is 17.6 Å². The molecule has 1 aromatic carbocycles. The molecule has 5 nitrogen and oxygen atoms in total. The number of carboxylic acids is 1. The summed E-state index contributed by atoms with van der Waals surface area (Å²) in [6.45, 7) is 1.68. The Labute approximate surface area is 117 Å². The van der Waals surface area contributed by atoms with Gasteiger partial charge in [-0.2, -0.15) is 0 Å². The predicted octanol–water partition coefficient (Wildman–Crippen LogP) is 1.42. The molecule has 2 N–H and O–H groups in total. The summed E-state index contributed by atoms with van der Waals surface area (Å²) in [4.78, 5) is 24.8. The van der Waals surface area contributed by atoms with Gasteiger partial charge in [0.2, 0.25) is 5.91 Å². The second-order valence-electron chi connectivity index (χ2n) is 5.46. The number of carbonyl (C=O) groups excluding carboxylic acids is 1. The van der Waals surface area contributed by atoms with Gasteiger partial charge < -0.3 is 15.3 Å². The number of carbonyl (C=O) groups is 2. The lowest BCUT2D eigenvalue weighted by Crippen LogP contribution is -2.41. The minimum atomic E-state index is -0.863. The number of nitrogens with zero attached hydrogens (tertiary/aromatic N) is 1. The van der Waals surface area contributed by atoms with Gasteiger partial charge in [-0.05, 0) is 37.0 Å². The van der Waals surface area contributed by atoms with Gasteiger partial charge in [-0.3, -0.25) is 4.79 Å². The van der Waals surface area contributed by atoms with E-state index in [0.717, 1.165) is 43.6 Å². The van der Waals surface area contributed by atoms with Gasteiger partial charge in [-0.1, -0.05) is 6.07 Å². The van der Waals surface area contributed by atoms with Crippen molar-refractivity contribution < 1.29 is 14.7 Å². The normalized spacial score (nSPS) is 21.5. The Morgan fingerprint density at radius 1 is 1.40 bits per heavy atom. The molecule has 1 atom stereocenters. The van der Waals surface area contributed by atoms with E-state index in [4.69, 9.17) is 0 Å². The van der Waals surface area contributed by atoms with Crippen LogP contribution in [0.1, 0.15) is 35.2 Å². The number of carboxylic acid groups (broad SMARTS) is 1. The first-order valence-electron chi connectivity index (χ1n) is 7.04. The maximum absolute atomic E-state index is 11.3. The van der Waals surface area contributed by atoms with Crippen molar-refractivity contribution in [2.75, 3.05) is 18.0 Å². The molecule has 0 spiro atoms. The highest BCUT2D eigenvalue weighted by Gasteiger charge is 2.27. The van der Waals surface area contributed by atoms with Gasteiger partial charge in [0.1, 0.15) is 0 Å². The summed E-state index contributed by atoms with van der Waals surface area (Å²) in [6.07, 6.45) is 3.23. The molecule has 5 heteroatoms. The van der Waals surface area contributed by atoms with Crippen LogP contribution in [0.4, 0.5) is 5.69 Å². The Kier molecular flexibility index (Phi) is 3.34. The van der Waals surface area contributed by atoms with Crippen molar-refractivity contribution in [1.29, 1.82) is 0 Å². The van der Waals surface area contributed by atoms with E-state index in [1.165, 1.54) is 0 Å². The SMILES string of the molecule is O=C1CCC(CN2CCCc3c(C(=O)O)cccc32)N1. The summed E-state index contributed by atoms with van der Waals surface area (Å²) in [5.41, 5.74) is 2.34. The summed E-state index contributed by atoms with van der Waals surface area (Å²) in [5, 5.41) is 12.2. The van der Waals surface area contributed by atoms with Gasteiger partial charge in [0, 0.05) is 31.2 Å². The van der Waals surface area contributed by atoms with Crippen LogP contribution in [0, 0.1) is 0 Å². The molecule has 0 radical (unpaired) electrons.